The Morgan fingerprint density at radius 3 is 2.47 bits per heavy atom. The number of carboxylic acid groups (broad SMARTS) is 1. The SMILES string of the molecule is CCCCC1CC2=C(C3CC(C(=O)NCCN(CC4CCC(N=CC(F)(F)F)CC4)C(=O)CCNCC(O)COC4CCCC5CCCCC54)CCC3C(=O)O)C3CC4CCCCN5CCCC(C3OC2C2CCCN=C12)C45. The smallest absolute Gasteiger partial charge is 0.426 e. The van der Waals surface area contributed by atoms with Gasteiger partial charge in [-0.2, -0.15) is 13.2 Å². The summed E-state index contributed by atoms with van der Waals surface area (Å²) in [7, 11) is 0. The van der Waals surface area contributed by atoms with Crippen LogP contribution < -0.4 is 10.6 Å². The molecule has 4 heterocycles. The Bertz CT molecular complexity index is 2110. The Morgan fingerprint density at radius 1 is 0.872 bits per heavy atom. The number of nitrogens with one attached hydrogen (secondary N) is 2. The Kier molecular flexibility index (Phi) is 20.2. The van der Waals surface area contributed by atoms with E-state index in [1.54, 1.807) is 0 Å². The number of hydrogen-bond donors (Lipinski definition) is 4. The van der Waals surface area contributed by atoms with Gasteiger partial charge in [0.25, 0.3) is 0 Å². The molecule has 4 aliphatic heterocycles. The van der Waals surface area contributed by atoms with Crippen molar-refractivity contribution in [2.45, 2.75) is 223 Å². The molecule has 13 nitrogen and oxygen atoms in total. The summed E-state index contributed by atoms with van der Waals surface area (Å²) in [6.45, 7) is 7.33. The van der Waals surface area contributed by atoms with Crippen LogP contribution in [0.2, 0.25) is 0 Å². The summed E-state index contributed by atoms with van der Waals surface area (Å²) in [4.78, 5) is 56.1. The molecule has 0 bridgehead atoms. The van der Waals surface area contributed by atoms with Crippen LogP contribution in [0.5, 0.6) is 0 Å². The number of carboxylic acids is 1. The average Bonchev–Trinajstić information content (AvgIpc) is 3.84. The van der Waals surface area contributed by atoms with Crippen molar-refractivity contribution < 1.29 is 47.2 Å². The summed E-state index contributed by atoms with van der Waals surface area (Å²) >= 11 is 0. The lowest BCUT2D eigenvalue weighted by Crippen LogP contribution is -2.62. The second kappa shape index (κ2) is 27.0. The van der Waals surface area contributed by atoms with E-state index >= 15 is 0 Å². The van der Waals surface area contributed by atoms with Gasteiger partial charge in [-0.1, -0.05) is 57.4 Å². The van der Waals surface area contributed by atoms with Gasteiger partial charge in [-0.05, 0) is 170 Å². The zero-order valence-corrected chi connectivity index (χ0v) is 47.2. The van der Waals surface area contributed by atoms with Crippen LogP contribution in [0.25, 0.3) is 0 Å². The van der Waals surface area contributed by atoms with Gasteiger partial charge in [0.1, 0.15) is 6.21 Å². The quantitative estimate of drug-likeness (QED) is 0.0528. The van der Waals surface area contributed by atoms with Crippen molar-refractivity contribution in [3.05, 3.63) is 11.1 Å². The highest BCUT2D eigenvalue weighted by Crippen LogP contribution is 2.58. The van der Waals surface area contributed by atoms with Gasteiger partial charge >= 0.3 is 12.1 Å². The van der Waals surface area contributed by atoms with Gasteiger partial charge in [0.05, 0.1) is 36.9 Å². The number of nitrogens with zero attached hydrogens (tertiary/aromatic N) is 4. The van der Waals surface area contributed by atoms with Gasteiger partial charge in [-0.15, -0.1) is 0 Å². The standard InChI is InChI=1S/C62H97F3N6O7/c1-2-3-11-41-32-51-55(52-33-42-13-6-7-29-70-30-10-17-49(57(42)70)59(52)78-58(51)48-16-9-26-67-56(41)48)50-34-43(21-24-47(50)61(75)76)60(74)68-28-31-71(36-39-19-22-44(23-20-39)69-38-62(63,64)65)54(73)25-27-66-35-45(72)37-77-53-18-8-14-40-12-4-5-15-46(40)53/h38-50,52-53,57-59,66,72H,2-37H2,1H3,(H,68,74)(H,75,76). The normalized spacial score (nSPS) is 37.6. The van der Waals surface area contributed by atoms with Crippen LogP contribution in [0, 0.1) is 65.1 Å². The number of halogens is 3. The number of unbranched alkanes of at least 4 members (excludes halogenated alkanes) is 1. The average molecular weight is 1100 g/mol. The predicted octanol–water partition coefficient (Wildman–Crippen LogP) is 9.98. The van der Waals surface area contributed by atoms with E-state index in [9.17, 15) is 37.8 Å². The van der Waals surface area contributed by atoms with Crippen molar-refractivity contribution in [2.24, 2.45) is 75.1 Å². The highest BCUT2D eigenvalue weighted by Gasteiger charge is 2.58. The second-order valence-electron chi connectivity index (χ2n) is 26.3. The van der Waals surface area contributed by atoms with Crippen LogP contribution in [0.15, 0.2) is 21.1 Å². The first-order valence-electron chi connectivity index (χ1n) is 31.9. The molecule has 15 unspecified atom stereocenters. The Morgan fingerprint density at radius 2 is 1.65 bits per heavy atom. The zero-order chi connectivity index (χ0) is 54.3. The minimum Gasteiger partial charge on any atom is -0.481 e. The zero-order valence-electron chi connectivity index (χ0n) is 47.2. The lowest BCUT2D eigenvalue weighted by Gasteiger charge is -2.59. The molecule has 4 N–H and O–H groups in total. The van der Waals surface area contributed by atoms with Crippen LogP contribution >= 0.6 is 0 Å². The largest absolute Gasteiger partial charge is 0.481 e. The number of ether oxygens (including phenoxy) is 2. The van der Waals surface area contributed by atoms with Gasteiger partial charge in [-0.3, -0.25) is 29.3 Å². The van der Waals surface area contributed by atoms with E-state index in [2.05, 4.69) is 27.4 Å². The van der Waals surface area contributed by atoms with Crippen LogP contribution in [0.4, 0.5) is 13.2 Å². The lowest BCUT2D eigenvalue weighted by molar-refractivity contribution is -0.153. The number of aliphatic hydroxyl groups is 1. The van der Waals surface area contributed by atoms with Crippen molar-refractivity contribution in [3.8, 4) is 0 Å². The fourth-order valence-electron chi connectivity index (χ4n) is 17.9. The van der Waals surface area contributed by atoms with Gasteiger partial charge in [-0.25, -0.2) is 0 Å². The molecule has 0 spiro atoms. The highest BCUT2D eigenvalue weighted by atomic mass is 19.4. The third-order valence-corrected chi connectivity index (χ3v) is 21.5. The maximum Gasteiger partial charge on any atom is 0.426 e. The Balaban J connectivity index is 0.819. The molecular formula is C62H97F3N6O7. The molecule has 2 amide bonds. The van der Waals surface area contributed by atoms with Crippen molar-refractivity contribution in [3.63, 3.8) is 0 Å². The fraction of sp³-hybridized carbons (Fsp3) is 0.887. The van der Waals surface area contributed by atoms with Crippen LogP contribution in [-0.4, -0.2) is 151 Å². The number of carbonyl (C=O) groups is 3. The summed E-state index contributed by atoms with van der Waals surface area (Å²) in [5.41, 5.74) is 4.07. The molecule has 6 saturated carbocycles. The topological polar surface area (TPSA) is 165 Å². The van der Waals surface area contributed by atoms with Crippen molar-refractivity contribution in [1.29, 1.82) is 0 Å². The lowest BCUT2D eigenvalue weighted by atomic mass is 9.55. The van der Waals surface area contributed by atoms with Gasteiger partial charge in [0.15, 0.2) is 0 Å². The highest BCUT2D eigenvalue weighted by molar-refractivity contribution is 5.92. The van der Waals surface area contributed by atoms with E-state index in [0.29, 0.717) is 94.3 Å². The molecule has 16 heteroatoms. The maximum atomic E-state index is 14.6. The monoisotopic (exact) mass is 1090 g/mol. The first-order valence-corrected chi connectivity index (χ1v) is 31.9. The van der Waals surface area contributed by atoms with Crippen LogP contribution in [0.3, 0.4) is 0 Å². The maximum absolute atomic E-state index is 14.6. The molecule has 0 aromatic carbocycles. The summed E-state index contributed by atoms with van der Waals surface area (Å²) in [6.07, 6.45) is 20.9. The van der Waals surface area contributed by atoms with Gasteiger partial charge in [0, 0.05) is 93.1 Å². The molecule has 10 rings (SSSR count). The molecule has 2 saturated heterocycles. The number of hydrogen-bond acceptors (Lipinski definition) is 10. The molecule has 8 fully saturated rings. The summed E-state index contributed by atoms with van der Waals surface area (Å²) in [5, 5.41) is 28.6. The number of piperidine rings is 1. The van der Waals surface area contributed by atoms with Crippen molar-refractivity contribution in [1.82, 2.24) is 20.4 Å². The van der Waals surface area contributed by atoms with Gasteiger partial charge in [0.2, 0.25) is 11.8 Å². The fourth-order valence-corrected chi connectivity index (χ4v) is 17.9. The third-order valence-electron chi connectivity index (χ3n) is 21.5. The summed E-state index contributed by atoms with van der Waals surface area (Å²) in [6, 6.07) is 0.112. The van der Waals surface area contributed by atoms with E-state index in [1.807, 2.05) is 4.90 Å². The summed E-state index contributed by atoms with van der Waals surface area (Å²) in [5.74, 6) is 0.941. The van der Waals surface area contributed by atoms with E-state index in [1.165, 1.54) is 74.6 Å². The van der Waals surface area contributed by atoms with Gasteiger partial charge < -0.3 is 35.2 Å². The van der Waals surface area contributed by atoms with Crippen LogP contribution in [-0.2, 0) is 23.9 Å². The molecule has 15 atom stereocenters. The molecule has 0 radical (unpaired) electrons. The summed E-state index contributed by atoms with van der Waals surface area (Å²) < 4.78 is 52.9. The van der Waals surface area contributed by atoms with Crippen LogP contribution in [0.1, 0.15) is 180 Å². The molecule has 0 aromatic rings. The molecule has 6 aliphatic carbocycles. The number of amides is 2. The van der Waals surface area contributed by atoms with E-state index in [0.717, 1.165) is 89.8 Å². The molecule has 438 valence electrons. The first kappa shape index (κ1) is 58.3. The van der Waals surface area contributed by atoms with E-state index in [4.69, 9.17) is 14.5 Å². The number of aliphatic hydroxyl groups excluding tert-OH is 1. The van der Waals surface area contributed by atoms with E-state index < -0.39 is 30.2 Å². The van der Waals surface area contributed by atoms with Crippen molar-refractivity contribution >= 4 is 29.7 Å². The minimum absolute atomic E-state index is 0.0334. The van der Waals surface area contributed by atoms with Crippen molar-refractivity contribution in [2.75, 3.05) is 59.0 Å². The molecule has 10 aliphatic rings. The minimum atomic E-state index is -4.45. The number of alkyl halides is 3. The predicted molar refractivity (Wildman–Crippen MR) is 296 cm³/mol. The number of rotatable bonds is 20. The second-order valence-corrected chi connectivity index (χ2v) is 26.3. The molecule has 78 heavy (non-hydrogen) atoms. The molecular weight excluding hydrogens is 998 g/mol. The number of fused-ring (bicyclic) bond motifs is 6. The number of aliphatic carboxylic acids is 1. The third kappa shape index (κ3) is 13.9. The Labute approximate surface area is 463 Å². The van der Waals surface area contributed by atoms with E-state index in [-0.39, 0.29) is 92.0 Å². The number of aliphatic imine (C=N–C) groups is 2. The number of carbonyl (C=O) groups excluding carboxylic acids is 2. The molecule has 0 aromatic heterocycles. The Hall–Kier alpha value is -2.92. The first-order chi connectivity index (χ1) is 37.8.